The second-order valence-corrected chi connectivity index (χ2v) is 8.35. The first-order chi connectivity index (χ1) is 14.7. The normalized spacial score (nSPS) is 10.9. The number of nitrogens with one attached hydrogen (secondary N) is 1. The van der Waals surface area contributed by atoms with E-state index in [2.05, 4.69) is 59.0 Å². The highest BCUT2D eigenvalue weighted by atomic mass is 32.2. The molecule has 0 unspecified atom stereocenters. The second-order valence-electron chi connectivity index (χ2n) is 7.41. The lowest BCUT2D eigenvalue weighted by Gasteiger charge is -2.09. The molecule has 0 radical (unpaired) electrons. The van der Waals surface area contributed by atoms with Gasteiger partial charge in [0.25, 0.3) is 0 Å². The molecule has 1 N–H and O–H groups in total. The van der Waals surface area contributed by atoms with Gasteiger partial charge >= 0.3 is 0 Å². The van der Waals surface area contributed by atoms with Crippen molar-refractivity contribution in [2.75, 3.05) is 5.32 Å². The highest BCUT2D eigenvalue weighted by Crippen LogP contribution is 2.24. The van der Waals surface area contributed by atoms with Gasteiger partial charge in [-0.15, -0.1) is 5.10 Å². The number of carbonyl (C=O) groups excluding carboxylic acids is 1. The van der Waals surface area contributed by atoms with Gasteiger partial charge in [0, 0.05) is 17.9 Å². The minimum atomic E-state index is 0.0503. The predicted molar refractivity (Wildman–Crippen MR) is 122 cm³/mol. The Bertz CT molecular complexity index is 939. The molecule has 1 heterocycles. The van der Waals surface area contributed by atoms with Gasteiger partial charge in [-0.3, -0.25) is 4.79 Å². The molecule has 1 amide bonds. The number of aryl methyl sites for hydroxylation is 1. The van der Waals surface area contributed by atoms with E-state index in [4.69, 9.17) is 0 Å². The van der Waals surface area contributed by atoms with Crippen molar-refractivity contribution in [3.63, 3.8) is 0 Å². The fourth-order valence-corrected chi connectivity index (χ4v) is 3.94. The third-order valence-corrected chi connectivity index (χ3v) is 5.80. The van der Waals surface area contributed by atoms with Crippen LogP contribution in [0.25, 0.3) is 5.69 Å². The smallest absolute Gasteiger partial charge is 0.224 e. The van der Waals surface area contributed by atoms with Crippen molar-refractivity contribution < 1.29 is 4.79 Å². The number of rotatable bonds is 11. The number of amides is 1. The van der Waals surface area contributed by atoms with Gasteiger partial charge in [-0.1, -0.05) is 80.3 Å². The van der Waals surface area contributed by atoms with Crippen LogP contribution in [-0.4, -0.2) is 26.1 Å². The molecule has 0 bridgehead atoms. The van der Waals surface area contributed by atoms with E-state index in [1.807, 2.05) is 24.3 Å². The highest BCUT2D eigenvalue weighted by Gasteiger charge is 2.11. The van der Waals surface area contributed by atoms with Crippen LogP contribution >= 0.6 is 11.8 Å². The highest BCUT2D eigenvalue weighted by molar-refractivity contribution is 7.98. The van der Waals surface area contributed by atoms with Gasteiger partial charge in [0.2, 0.25) is 11.1 Å². The summed E-state index contributed by atoms with van der Waals surface area (Å²) in [6, 6.07) is 16.1. The summed E-state index contributed by atoms with van der Waals surface area (Å²) >= 11 is 1.58. The second kappa shape index (κ2) is 11.5. The quantitative estimate of drug-likeness (QED) is 0.323. The van der Waals surface area contributed by atoms with Crippen molar-refractivity contribution >= 4 is 23.4 Å². The third-order valence-electron chi connectivity index (χ3n) is 4.81. The molecule has 0 aliphatic carbocycles. The molecule has 0 saturated heterocycles. The van der Waals surface area contributed by atoms with E-state index < -0.39 is 0 Å². The first kappa shape index (κ1) is 22.0. The number of carbonyl (C=O) groups is 1. The van der Waals surface area contributed by atoms with Gasteiger partial charge in [-0.2, -0.15) is 4.68 Å². The molecule has 3 aromatic rings. The maximum atomic E-state index is 12.2. The maximum Gasteiger partial charge on any atom is 0.224 e. The number of benzene rings is 2. The zero-order valence-electron chi connectivity index (χ0n) is 17.7. The average Bonchev–Trinajstić information content (AvgIpc) is 3.22. The minimum Gasteiger partial charge on any atom is -0.326 e. The van der Waals surface area contributed by atoms with Gasteiger partial charge < -0.3 is 5.32 Å². The molecule has 0 spiro atoms. The monoisotopic (exact) mass is 423 g/mol. The van der Waals surface area contributed by atoms with Crippen LogP contribution in [0.5, 0.6) is 0 Å². The molecule has 0 aliphatic heterocycles. The maximum absolute atomic E-state index is 12.2. The lowest BCUT2D eigenvalue weighted by Crippen LogP contribution is -2.11. The van der Waals surface area contributed by atoms with Crippen molar-refractivity contribution in [2.45, 2.75) is 63.3 Å². The largest absolute Gasteiger partial charge is 0.326 e. The predicted octanol–water partition coefficient (Wildman–Crippen LogP) is 5.56. The molecule has 6 nitrogen and oxygen atoms in total. The fraction of sp³-hybridized carbons (Fsp3) is 0.391. The Hall–Kier alpha value is -2.67. The topological polar surface area (TPSA) is 72.7 Å². The van der Waals surface area contributed by atoms with Crippen molar-refractivity contribution in [1.29, 1.82) is 0 Å². The Morgan fingerprint density at radius 2 is 1.87 bits per heavy atom. The Morgan fingerprint density at radius 3 is 2.67 bits per heavy atom. The fourth-order valence-electron chi connectivity index (χ4n) is 3.09. The summed E-state index contributed by atoms with van der Waals surface area (Å²) in [4.78, 5) is 12.2. The molecule has 158 valence electrons. The van der Waals surface area contributed by atoms with Crippen LogP contribution in [0.3, 0.4) is 0 Å². The van der Waals surface area contributed by atoms with Crippen LogP contribution in [-0.2, 0) is 10.5 Å². The standard InChI is InChI=1S/C23H29N5OS/c1-3-4-5-6-7-11-22(29)24-20-9-8-10-21(16-20)28-23(25-26-27-28)30-17-19-14-12-18(2)13-15-19/h8-10,12-16H,3-7,11,17H2,1-2H3,(H,24,29). The summed E-state index contributed by atoms with van der Waals surface area (Å²) in [7, 11) is 0. The summed E-state index contributed by atoms with van der Waals surface area (Å²) in [5.41, 5.74) is 4.05. The van der Waals surface area contributed by atoms with E-state index in [0.717, 1.165) is 35.1 Å². The molecule has 2 aromatic carbocycles. The van der Waals surface area contributed by atoms with Crippen LogP contribution < -0.4 is 5.32 Å². The number of aromatic nitrogens is 4. The molecule has 0 atom stereocenters. The molecule has 0 saturated carbocycles. The molecule has 7 heteroatoms. The number of hydrogen-bond acceptors (Lipinski definition) is 5. The Morgan fingerprint density at radius 1 is 1.07 bits per heavy atom. The van der Waals surface area contributed by atoms with Crippen molar-refractivity contribution in [1.82, 2.24) is 20.2 Å². The Balaban J connectivity index is 1.58. The lowest BCUT2D eigenvalue weighted by atomic mass is 10.1. The van der Waals surface area contributed by atoms with E-state index >= 15 is 0 Å². The summed E-state index contributed by atoms with van der Waals surface area (Å²) in [5.74, 6) is 0.837. The molecule has 1 aromatic heterocycles. The molecule has 0 fully saturated rings. The molecular weight excluding hydrogens is 394 g/mol. The van der Waals surface area contributed by atoms with Crippen LogP contribution in [0.2, 0.25) is 0 Å². The van der Waals surface area contributed by atoms with Crippen molar-refractivity contribution in [3.8, 4) is 5.69 Å². The lowest BCUT2D eigenvalue weighted by molar-refractivity contribution is -0.116. The minimum absolute atomic E-state index is 0.0503. The summed E-state index contributed by atoms with van der Waals surface area (Å²) in [6.07, 6.45) is 6.23. The number of anilines is 1. The first-order valence-electron chi connectivity index (χ1n) is 10.5. The van der Waals surface area contributed by atoms with Gasteiger partial charge in [-0.25, -0.2) is 0 Å². The molecule has 0 aliphatic rings. The summed E-state index contributed by atoms with van der Waals surface area (Å²) in [6.45, 7) is 4.27. The van der Waals surface area contributed by atoms with Gasteiger partial charge in [0.1, 0.15) is 0 Å². The van der Waals surface area contributed by atoms with Crippen molar-refractivity contribution in [3.05, 3.63) is 59.7 Å². The van der Waals surface area contributed by atoms with E-state index in [9.17, 15) is 4.79 Å². The van der Waals surface area contributed by atoms with Crippen LogP contribution in [0.4, 0.5) is 5.69 Å². The zero-order chi connectivity index (χ0) is 21.2. The SMILES string of the molecule is CCCCCCCC(=O)Nc1cccc(-n2nnnc2SCc2ccc(C)cc2)c1. The summed E-state index contributed by atoms with van der Waals surface area (Å²) in [5, 5.41) is 15.8. The average molecular weight is 424 g/mol. The number of unbranched alkanes of at least 4 members (excludes halogenated alkanes) is 4. The van der Waals surface area contributed by atoms with E-state index in [0.29, 0.717) is 6.42 Å². The molecule has 3 rings (SSSR count). The number of thioether (sulfide) groups is 1. The van der Waals surface area contributed by atoms with Crippen LogP contribution in [0, 0.1) is 6.92 Å². The van der Waals surface area contributed by atoms with Gasteiger partial charge in [0.05, 0.1) is 5.69 Å². The van der Waals surface area contributed by atoms with E-state index in [1.54, 1.807) is 16.4 Å². The van der Waals surface area contributed by atoms with Gasteiger partial charge in [-0.05, 0) is 47.5 Å². The third kappa shape index (κ3) is 6.69. The van der Waals surface area contributed by atoms with E-state index in [-0.39, 0.29) is 5.91 Å². The number of hydrogen-bond donors (Lipinski definition) is 1. The number of nitrogens with zero attached hydrogens (tertiary/aromatic N) is 4. The first-order valence-corrected chi connectivity index (χ1v) is 11.5. The van der Waals surface area contributed by atoms with Crippen LogP contribution in [0.1, 0.15) is 56.6 Å². The van der Waals surface area contributed by atoms with E-state index in [1.165, 1.54) is 30.4 Å². The Kier molecular flexibility index (Phi) is 8.44. The summed E-state index contributed by atoms with van der Waals surface area (Å²) < 4.78 is 1.71. The number of tetrazole rings is 1. The molecule has 30 heavy (non-hydrogen) atoms. The molecular formula is C23H29N5OS. The van der Waals surface area contributed by atoms with Crippen molar-refractivity contribution in [2.24, 2.45) is 0 Å². The van der Waals surface area contributed by atoms with Gasteiger partial charge in [0.15, 0.2) is 0 Å². The van der Waals surface area contributed by atoms with Crippen LogP contribution in [0.15, 0.2) is 53.7 Å². The zero-order valence-corrected chi connectivity index (χ0v) is 18.5. The Labute approximate surface area is 182 Å².